The summed E-state index contributed by atoms with van der Waals surface area (Å²) in [6.45, 7) is 0.649. The molecule has 4 rings (SSSR count). The molecule has 24 heavy (non-hydrogen) atoms. The van der Waals surface area contributed by atoms with Gasteiger partial charge < -0.3 is 9.73 Å². The number of benzene rings is 2. The predicted molar refractivity (Wildman–Crippen MR) is 96.0 cm³/mol. The number of hydrogen-bond acceptors (Lipinski definition) is 4. The van der Waals surface area contributed by atoms with E-state index in [4.69, 9.17) is 16.0 Å². The Balaban J connectivity index is 1.71. The molecule has 0 radical (unpaired) electrons. The number of hydrogen-bond donors (Lipinski definition) is 1. The summed E-state index contributed by atoms with van der Waals surface area (Å²) in [4.78, 5) is 9.22. The number of fused-ring (bicyclic) bond motifs is 1. The normalized spacial score (nSPS) is 10.9. The molecule has 0 atom stereocenters. The SMILES string of the molecule is Clc1ccc(CNc2nc(-c3ccco3)nc3ccccc23)cc1. The van der Waals surface area contributed by atoms with Gasteiger partial charge in [0.2, 0.25) is 0 Å². The topological polar surface area (TPSA) is 51.0 Å². The van der Waals surface area contributed by atoms with Crippen molar-refractivity contribution in [1.29, 1.82) is 0 Å². The maximum Gasteiger partial charge on any atom is 0.198 e. The van der Waals surface area contributed by atoms with Crippen molar-refractivity contribution in [1.82, 2.24) is 9.97 Å². The minimum Gasteiger partial charge on any atom is -0.461 e. The third kappa shape index (κ3) is 2.96. The van der Waals surface area contributed by atoms with Crippen LogP contribution in [0.3, 0.4) is 0 Å². The van der Waals surface area contributed by atoms with Crippen LogP contribution in [-0.2, 0) is 6.54 Å². The summed E-state index contributed by atoms with van der Waals surface area (Å²) in [5.41, 5.74) is 2.00. The minimum atomic E-state index is 0.567. The van der Waals surface area contributed by atoms with Gasteiger partial charge in [-0.2, -0.15) is 0 Å². The van der Waals surface area contributed by atoms with E-state index in [1.54, 1.807) is 6.26 Å². The zero-order chi connectivity index (χ0) is 16.4. The van der Waals surface area contributed by atoms with Crippen LogP contribution in [0.1, 0.15) is 5.56 Å². The molecule has 2 heterocycles. The van der Waals surface area contributed by atoms with Gasteiger partial charge in [0, 0.05) is 17.0 Å². The Morgan fingerprint density at radius 3 is 2.54 bits per heavy atom. The zero-order valence-corrected chi connectivity index (χ0v) is 13.5. The number of halogens is 1. The molecule has 2 aromatic carbocycles. The largest absolute Gasteiger partial charge is 0.461 e. The number of aromatic nitrogens is 2. The lowest BCUT2D eigenvalue weighted by Gasteiger charge is -2.10. The molecule has 0 spiro atoms. The van der Waals surface area contributed by atoms with Crippen molar-refractivity contribution in [2.45, 2.75) is 6.54 Å². The Morgan fingerprint density at radius 2 is 1.75 bits per heavy atom. The molecule has 0 aliphatic rings. The molecule has 1 N–H and O–H groups in total. The Kier molecular flexibility index (Phi) is 3.89. The summed E-state index contributed by atoms with van der Waals surface area (Å²) in [6, 6.07) is 19.3. The van der Waals surface area contributed by atoms with Gasteiger partial charge in [-0.15, -0.1) is 0 Å². The number of anilines is 1. The number of furan rings is 1. The minimum absolute atomic E-state index is 0.567. The summed E-state index contributed by atoms with van der Waals surface area (Å²) in [6.07, 6.45) is 1.62. The van der Waals surface area contributed by atoms with Crippen LogP contribution in [0.25, 0.3) is 22.5 Å². The van der Waals surface area contributed by atoms with E-state index in [1.807, 2.05) is 60.7 Å². The highest BCUT2D eigenvalue weighted by atomic mass is 35.5. The summed E-state index contributed by atoms with van der Waals surface area (Å²) >= 11 is 5.93. The van der Waals surface area contributed by atoms with Crippen LogP contribution in [0.15, 0.2) is 71.3 Å². The van der Waals surface area contributed by atoms with Gasteiger partial charge >= 0.3 is 0 Å². The summed E-state index contributed by atoms with van der Waals surface area (Å²) in [5, 5.41) is 5.09. The number of para-hydroxylation sites is 1. The average molecular weight is 336 g/mol. The third-order valence-electron chi connectivity index (χ3n) is 3.72. The lowest BCUT2D eigenvalue weighted by molar-refractivity contribution is 0.577. The molecule has 118 valence electrons. The number of rotatable bonds is 4. The Labute approximate surface area is 144 Å². The quantitative estimate of drug-likeness (QED) is 0.560. The summed E-state index contributed by atoms with van der Waals surface area (Å²) < 4.78 is 5.43. The van der Waals surface area contributed by atoms with E-state index in [-0.39, 0.29) is 0 Å². The van der Waals surface area contributed by atoms with E-state index >= 15 is 0 Å². The van der Waals surface area contributed by atoms with Crippen molar-refractivity contribution < 1.29 is 4.42 Å². The van der Waals surface area contributed by atoms with Gasteiger partial charge in [0.15, 0.2) is 11.6 Å². The molecule has 0 amide bonds. The first-order valence-corrected chi connectivity index (χ1v) is 7.96. The number of nitrogens with one attached hydrogen (secondary N) is 1. The van der Waals surface area contributed by atoms with Crippen molar-refractivity contribution in [3.63, 3.8) is 0 Å². The van der Waals surface area contributed by atoms with E-state index in [0.717, 1.165) is 27.3 Å². The lowest BCUT2D eigenvalue weighted by Crippen LogP contribution is -2.04. The maximum atomic E-state index is 5.93. The Bertz CT molecular complexity index is 966. The molecule has 4 nitrogen and oxygen atoms in total. The van der Waals surface area contributed by atoms with Gasteiger partial charge in [-0.3, -0.25) is 0 Å². The molecule has 0 unspecified atom stereocenters. The molecule has 5 heteroatoms. The van der Waals surface area contributed by atoms with Crippen LogP contribution in [0.4, 0.5) is 5.82 Å². The molecule has 0 saturated heterocycles. The zero-order valence-electron chi connectivity index (χ0n) is 12.7. The Morgan fingerprint density at radius 1 is 0.917 bits per heavy atom. The van der Waals surface area contributed by atoms with Crippen LogP contribution in [0.5, 0.6) is 0 Å². The molecule has 0 bridgehead atoms. The van der Waals surface area contributed by atoms with E-state index in [0.29, 0.717) is 18.1 Å². The third-order valence-corrected chi connectivity index (χ3v) is 3.97. The van der Waals surface area contributed by atoms with Gasteiger partial charge in [0.25, 0.3) is 0 Å². The smallest absolute Gasteiger partial charge is 0.198 e. The first-order chi connectivity index (χ1) is 11.8. The summed E-state index contributed by atoms with van der Waals surface area (Å²) in [5.74, 6) is 1.99. The fraction of sp³-hybridized carbons (Fsp3) is 0.0526. The van der Waals surface area contributed by atoms with Crippen LogP contribution >= 0.6 is 11.6 Å². The van der Waals surface area contributed by atoms with E-state index in [9.17, 15) is 0 Å². The predicted octanol–water partition coefficient (Wildman–Crippen LogP) is 5.16. The maximum absolute atomic E-state index is 5.93. The molecule has 4 aromatic rings. The standard InChI is InChI=1S/C19H14ClN3O/c20-14-9-7-13(8-10-14)12-21-18-15-4-1-2-5-16(15)22-19(23-18)17-6-3-11-24-17/h1-11H,12H2,(H,21,22,23). The first kappa shape index (κ1) is 14.7. The van der Waals surface area contributed by atoms with Crippen LogP contribution in [0, 0.1) is 0 Å². The first-order valence-electron chi connectivity index (χ1n) is 7.58. The highest BCUT2D eigenvalue weighted by molar-refractivity contribution is 6.30. The second-order valence-corrected chi connectivity index (χ2v) is 5.81. The molecule has 0 aliphatic carbocycles. The van der Waals surface area contributed by atoms with Crippen molar-refractivity contribution in [2.24, 2.45) is 0 Å². The van der Waals surface area contributed by atoms with Crippen molar-refractivity contribution in [3.05, 3.63) is 77.5 Å². The van der Waals surface area contributed by atoms with E-state index in [1.165, 1.54) is 0 Å². The van der Waals surface area contributed by atoms with E-state index in [2.05, 4.69) is 15.3 Å². The second-order valence-electron chi connectivity index (χ2n) is 5.37. The van der Waals surface area contributed by atoms with Crippen LogP contribution in [-0.4, -0.2) is 9.97 Å². The fourth-order valence-electron chi connectivity index (χ4n) is 2.52. The number of nitrogens with zero attached hydrogens (tertiary/aromatic N) is 2. The monoisotopic (exact) mass is 335 g/mol. The van der Waals surface area contributed by atoms with Crippen molar-refractivity contribution in [3.8, 4) is 11.6 Å². The van der Waals surface area contributed by atoms with Crippen LogP contribution in [0.2, 0.25) is 5.02 Å². The fourth-order valence-corrected chi connectivity index (χ4v) is 2.64. The molecular weight excluding hydrogens is 322 g/mol. The van der Waals surface area contributed by atoms with Crippen LogP contribution < -0.4 is 5.32 Å². The average Bonchev–Trinajstić information content (AvgIpc) is 3.15. The molecule has 2 aromatic heterocycles. The molecule has 0 aliphatic heterocycles. The van der Waals surface area contributed by atoms with Gasteiger partial charge in [-0.05, 0) is 42.0 Å². The van der Waals surface area contributed by atoms with Gasteiger partial charge in [0.05, 0.1) is 11.8 Å². The van der Waals surface area contributed by atoms with Crippen molar-refractivity contribution in [2.75, 3.05) is 5.32 Å². The van der Waals surface area contributed by atoms with Crippen molar-refractivity contribution >= 4 is 28.3 Å². The summed E-state index contributed by atoms with van der Waals surface area (Å²) in [7, 11) is 0. The second kappa shape index (κ2) is 6.34. The van der Waals surface area contributed by atoms with E-state index < -0.39 is 0 Å². The highest BCUT2D eigenvalue weighted by Crippen LogP contribution is 2.25. The highest BCUT2D eigenvalue weighted by Gasteiger charge is 2.10. The lowest BCUT2D eigenvalue weighted by atomic mass is 10.2. The molecule has 0 fully saturated rings. The molecular formula is C19H14ClN3O. The Hall–Kier alpha value is -2.85. The molecule has 0 saturated carbocycles. The van der Waals surface area contributed by atoms with Gasteiger partial charge in [-0.1, -0.05) is 35.9 Å². The van der Waals surface area contributed by atoms with Gasteiger partial charge in [-0.25, -0.2) is 9.97 Å². The van der Waals surface area contributed by atoms with Gasteiger partial charge in [0.1, 0.15) is 5.82 Å².